The van der Waals surface area contributed by atoms with Gasteiger partial charge in [0.15, 0.2) is 0 Å². The number of fused-ring (bicyclic) bond motifs is 16. The largest absolute Gasteiger partial charge is 0.488 e. The zero-order chi connectivity index (χ0) is 50.9. The van der Waals surface area contributed by atoms with Crippen molar-refractivity contribution in [1.82, 2.24) is 9.13 Å². The fourth-order valence-electron chi connectivity index (χ4n) is 12.1. The molecule has 6 heteroatoms. The van der Waals surface area contributed by atoms with Gasteiger partial charge in [0.2, 0.25) is 0 Å². The molecule has 0 saturated heterocycles. The van der Waals surface area contributed by atoms with E-state index in [0.29, 0.717) is 5.46 Å². The number of aromatic nitrogens is 2. The second-order valence-electron chi connectivity index (χ2n) is 19.9. The summed E-state index contributed by atoms with van der Waals surface area (Å²) in [6.45, 7) is 0. The fourth-order valence-corrected chi connectivity index (χ4v) is 12.4. The molecule has 2 aromatic heterocycles. The molecule has 2 aliphatic rings. The summed E-state index contributed by atoms with van der Waals surface area (Å²) >= 11 is 3.58. The highest BCUT2D eigenvalue weighted by Crippen LogP contribution is 2.44. The summed E-state index contributed by atoms with van der Waals surface area (Å²) in [5.74, 6) is 0. The second kappa shape index (κ2) is 18.9. The molecule has 2 aliphatic carbocycles. The summed E-state index contributed by atoms with van der Waals surface area (Å²) in [6, 6.07) is 90.3. The van der Waals surface area contributed by atoms with E-state index in [-0.39, 0.29) is 0 Å². The monoisotopic (exact) mass is 1040 g/mol. The van der Waals surface area contributed by atoms with Gasteiger partial charge in [-0.1, -0.05) is 198 Å². The molecule has 0 aliphatic heterocycles. The number of halogens is 1. The van der Waals surface area contributed by atoms with Gasteiger partial charge in [-0.25, -0.2) is 0 Å². The van der Waals surface area contributed by atoms with Gasteiger partial charge in [-0.15, -0.1) is 0 Å². The lowest BCUT2D eigenvalue weighted by Crippen LogP contribution is -2.29. The van der Waals surface area contributed by atoms with Crippen LogP contribution in [-0.2, 0) is 12.8 Å². The minimum absolute atomic E-state index is 0.503. The van der Waals surface area contributed by atoms with Crippen LogP contribution in [0.5, 0.6) is 0 Å². The molecule has 0 saturated carbocycles. The van der Waals surface area contributed by atoms with Crippen LogP contribution in [0.25, 0.3) is 110 Å². The van der Waals surface area contributed by atoms with Crippen LogP contribution in [0.1, 0.15) is 22.3 Å². The molecule has 0 fully saturated rings. The first kappa shape index (κ1) is 45.8. The van der Waals surface area contributed by atoms with Crippen molar-refractivity contribution in [3.63, 3.8) is 0 Å². The molecule has 16 rings (SSSR count). The van der Waals surface area contributed by atoms with E-state index in [2.05, 4.69) is 231 Å². The van der Waals surface area contributed by atoms with E-state index in [4.69, 9.17) is 0 Å². The zero-order valence-corrected chi connectivity index (χ0v) is 43.0. The van der Waals surface area contributed by atoms with Crippen LogP contribution in [0, 0.1) is 0 Å². The van der Waals surface area contributed by atoms with Crippen molar-refractivity contribution in [3.8, 4) is 44.8 Å². The van der Waals surface area contributed by atoms with E-state index in [1.165, 1.54) is 105 Å². The number of benzene rings is 12. The van der Waals surface area contributed by atoms with E-state index in [9.17, 15) is 10.0 Å². The third-order valence-electron chi connectivity index (χ3n) is 15.5. The van der Waals surface area contributed by atoms with Crippen molar-refractivity contribution in [2.45, 2.75) is 12.8 Å². The van der Waals surface area contributed by atoms with Crippen LogP contribution in [0.2, 0.25) is 0 Å². The predicted octanol–water partition coefficient (Wildman–Crippen LogP) is 16.8. The van der Waals surface area contributed by atoms with Crippen LogP contribution in [0.4, 0.5) is 0 Å². The highest BCUT2D eigenvalue weighted by atomic mass is 79.9. The Morgan fingerprint density at radius 1 is 0.329 bits per heavy atom. The maximum absolute atomic E-state index is 9.43. The van der Waals surface area contributed by atoms with Crippen LogP contribution < -0.4 is 5.46 Å². The number of hydrogen-bond acceptors (Lipinski definition) is 2. The van der Waals surface area contributed by atoms with Gasteiger partial charge in [-0.05, 0) is 168 Å². The van der Waals surface area contributed by atoms with E-state index >= 15 is 0 Å². The third kappa shape index (κ3) is 7.84. The minimum atomic E-state index is -1.46. The number of para-hydroxylation sites is 4. The first-order chi connectivity index (χ1) is 37.4. The minimum Gasteiger partial charge on any atom is -0.423 e. The quantitative estimate of drug-likeness (QED) is 0.173. The molecule has 2 N–H and O–H groups in total. The summed E-state index contributed by atoms with van der Waals surface area (Å²) in [5, 5.41) is 28.9. The van der Waals surface area contributed by atoms with Crippen molar-refractivity contribution >= 4 is 93.7 Å². The van der Waals surface area contributed by atoms with Gasteiger partial charge in [0.25, 0.3) is 0 Å². The van der Waals surface area contributed by atoms with Crippen molar-refractivity contribution in [2.75, 3.05) is 0 Å². The Labute approximate surface area is 449 Å². The van der Waals surface area contributed by atoms with E-state index in [1.807, 2.05) is 42.5 Å². The molecular formula is C70H48BBrN2O2. The van der Waals surface area contributed by atoms with Gasteiger partial charge in [0, 0.05) is 37.4 Å². The normalized spacial score (nSPS) is 12.0. The molecule has 4 nitrogen and oxygen atoms in total. The van der Waals surface area contributed by atoms with Crippen molar-refractivity contribution in [2.24, 2.45) is 0 Å². The van der Waals surface area contributed by atoms with Crippen LogP contribution in [0.3, 0.4) is 0 Å². The standard InChI is InChI=1S/C35H23N.C18H14BNO2.C17H11Br/c1-2-9-28(10-3-1)36-33-13-7-6-12-30(33)32-22-25(18-19-34(32)36)24-16-14-23-15-17-27-20-26-8-4-5-11-29(26)35(27)31(23)21-24;21-19(22)13-10-11-18-16(12-13)15-8-4-5-9-17(15)20(18)14-6-2-1-3-7-14;18-14-8-7-11-5-6-13-9-12-3-1-2-4-15(12)17(13)16(11)10-14/h1-19,21-22H,20H2;1-12,21-22H;1-8,10H,9H2. The lowest BCUT2D eigenvalue weighted by molar-refractivity contribution is 0.426. The molecule has 0 atom stereocenters. The highest BCUT2D eigenvalue weighted by molar-refractivity contribution is 9.10. The first-order valence-electron chi connectivity index (χ1n) is 25.9. The molecule has 2 heterocycles. The van der Waals surface area contributed by atoms with E-state index in [0.717, 1.165) is 44.8 Å². The molecule has 0 spiro atoms. The highest BCUT2D eigenvalue weighted by Gasteiger charge is 2.23. The van der Waals surface area contributed by atoms with Gasteiger partial charge in [0.1, 0.15) is 0 Å². The Balaban J connectivity index is 0.000000113. The van der Waals surface area contributed by atoms with Gasteiger partial charge in [0.05, 0.1) is 22.1 Å². The lowest BCUT2D eigenvalue weighted by Gasteiger charge is -2.11. The van der Waals surface area contributed by atoms with Crippen molar-refractivity contribution in [1.29, 1.82) is 0 Å². The molecular weight excluding hydrogens is 991 g/mol. The van der Waals surface area contributed by atoms with Crippen molar-refractivity contribution in [3.05, 3.63) is 282 Å². The average Bonchev–Trinajstić information content (AvgIpc) is 4.24. The Bertz CT molecular complexity index is 4580. The molecule has 12 aromatic carbocycles. The smallest absolute Gasteiger partial charge is 0.423 e. The van der Waals surface area contributed by atoms with Crippen LogP contribution >= 0.6 is 15.9 Å². The second-order valence-corrected chi connectivity index (χ2v) is 20.8. The first-order valence-corrected chi connectivity index (χ1v) is 26.7. The zero-order valence-electron chi connectivity index (χ0n) is 41.4. The predicted molar refractivity (Wildman–Crippen MR) is 322 cm³/mol. The maximum Gasteiger partial charge on any atom is 0.488 e. The summed E-state index contributed by atoms with van der Waals surface area (Å²) in [6.07, 6.45) is 2.09. The van der Waals surface area contributed by atoms with Gasteiger partial charge >= 0.3 is 7.12 Å². The molecule has 76 heavy (non-hydrogen) atoms. The lowest BCUT2D eigenvalue weighted by atomic mass is 9.80. The molecule has 360 valence electrons. The van der Waals surface area contributed by atoms with Gasteiger partial charge < -0.3 is 19.2 Å². The van der Waals surface area contributed by atoms with Crippen LogP contribution in [0.15, 0.2) is 259 Å². The molecule has 14 aromatic rings. The van der Waals surface area contributed by atoms with Gasteiger partial charge in [-0.3, -0.25) is 0 Å². The maximum atomic E-state index is 9.43. The molecule has 0 unspecified atom stereocenters. The topological polar surface area (TPSA) is 50.3 Å². The summed E-state index contributed by atoms with van der Waals surface area (Å²) in [7, 11) is -1.46. The number of hydrogen-bond donors (Lipinski definition) is 2. The molecule has 0 amide bonds. The Morgan fingerprint density at radius 3 is 1.32 bits per heavy atom. The molecule has 0 radical (unpaired) electrons. The number of rotatable bonds is 4. The Kier molecular flexibility index (Phi) is 11.4. The number of nitrogens with zero attached hydrogens (tertiary/aromatic N) is 2. The van der Waals surface area contributed by atoms with E-state index in [1.54, 1.807) is 6.07 Å². The SMILES string of the molecule is Brc1ccc2ccc3c(c2c1)-c1ccccc1C3.OB(O)c1ccc2c(c1)c1ccccc1n2-c1ccccc1.c1ccc(-n2c3ccccc3c3cc(-c4ccc5ccc6c(c5c4)-c4ccccc4C6)ccc32)cc1. The van der Waals surface area contributed by atoms with E-state index < -0.39 is 7.12 Å². The average molecular weight is 1040 g/mol. The van der Waals surface area contributed by atoms with Gasteiger partial charge in [-0.2, -0.15) is 0 Å². The summed E-state index contributed by atoms with van der Waals surface area (Å²) in [5.41, 5.74) is 21.3. The van der Waals surface area contributed by atoms with Crippen molar-refractivity contribution < 1.29 is 10.0 Å². The molecule has 0 bridgehead atoms. The van der Waals surface area contributed by atoms with Crippen LogP contribution in [-0.4, -0.2) is 26.3 Å². The summed E-state index contributed by atoms with van der Waals surface area (Å²) in [4.78, 5) is 0. The summed E-state index contributed by atoms with van der Waals surface area (Å²) < 4.78 is 5.71. The Hall–Kier alpha value is -8.78. The third-order valence-corrected chi connectivity index (χ3v) is 16.0. The Morgan fingerprint density at radius 2 is 0.750 bits per heavy atom. The fraction of sp³-hybridized carbons (Fsp3) is 0.0286.